The topological polar surface area (TPSA) is 235 Å². The van der Waals surface area contributed by atoms with Gasteiger partial charge >= 0.3 is 0 Å². The Hall–Kier alpha value is -5.22. The van der Waals surface area contributed by atoms with E-state index in [-0.39, 0.29) is 25.3 Å². The maximum atomic E-state index is 14.1. The van der Waals surface area contributed by atoms with Crippen molar-refractivity contribution in [3.63, 3.8) is 0 Å². The molecule has 3 saturated heterocycles. The summed E-state index contributed by atoms with van der Waals surface area (Å²) in [6.45, 7) is 10.0. The summed E-state index contributed by atoms with van der Waals surface area (Å²) in [4.78, 5) is 111. The Morgan fingerprint density at radius 3 is 1.85 bits per heavy atom. The van der Waals surface area contributed by atoms with E-state index in [9.17, 15) is 43.5 Å². The molecule has 7 N–H and O–H groups in total. The first-order valence-corrected chi connectivity index (χ1v) is 19.2. The molecule has 3 aliphatic rings. The van der Waals surface area contributed by atoms with Crippen LogP contribution in [0.2, 0.25) is 0 Å². The minimum Gasteiger partial charge on any atom is -0.508 e. The van der Waals surface area contributed by atoms with Crippen LogP contribution >= 0.6 is 0 Å². The smallest absolute Gasteiger partial charge is 0.246 e. The van der Waals surface area contributed by atoms with Crippen LogP contribution in [0.3, 0.4) is 0 Å². The fourth-order valence-electron chi connectivity index (χ4n) is 7.13. The average molecular weight is 769 g/mol. The van der Waals surface area contributed by atoms with Gasteiger partial charge in [0.1, 0.15) is 48.0 Å². The summed E-state index contributed by atoms with van der Waals surface area (Å²) >= 11 is 0. The van der Waals surface area contributed by atoms with Gasteiger partial charge in [0.2, 0.25) is 47.3 Å². The Morgan fingerprint density at radius 1 is 0.673 bits per heavy atom. The molecule has 55 heavy (non-hydrogen) atoms. The minimum atomic E-state index is -1.22. The molecule has 8 unspecified atom stereocenters. The standard InChI is InChI=1S/C38H56N8O9/c1-7-21(4)31-36(53)42-26(18-24-12-14-25(47)15-13-24)33(50)41-23(6)37(54)45-16-8-10-27(45)34(51)39-19-29(48)40-22(5)32(49)43-30(20(2)3)38(55)46-17-9-11-28(46)35(52)44-31/h12-15,20-23,26-28,30-31,47H,7-11,16-19H2,1-6H3,(H,39,51)(H,40,48)(H,41,50)(H,42,53)(H,43,49)(H,44,52). The normalized spacial score (nSPS) is 28.9. The van der Waals surface area contributed by atoms with Crippen LogP contribution in [0.15, 0.2) is 24.3 Å². The molecule has 17 nitrogen and oxygen atoms in total. The molecule has 3 heterocycles. The molecule has 4 rings (SSSR count). The molecule has 0 radical (unpaired) electrons. The zero-order valence-corrected chi connectivity index (χ0v) is 32.5. The second-order valence-corrected chi connectivity index (χ2v) is 15.2. The van der Waals surface area contributed by atoms with Gasteiger partial charge in [-0.2, -0.15) is 0 Å². The number of carbonyl (C=O) groups excluding carboxylic acids is 8. The lowest BCUT2D eigenvalue weighted by Gasteiger charge is -2.33. The fraction of sp³-hybridized carbons (Fsp3) is 0.632. The minimum absolute atomic E-state index is 0.00523. The van der Waals surface area contributed by atoms with Crippen LogP contribution in [0.1, 0.15) is 79.2 Å². The molecule has 0 saturated carbocycles. The largest absolute Gasteiger partial charge is 0.508 e. The van der Waals surface area contributed by atoms with Crippen molar-refractivity contribution in [1.29, 1.82) is 0 Å². The van der Waals surface area contributed by atoms with Crippen LogP contribution in [0.25, 0.3) is 0 Å². The zero-order chi connectivity index (χ0) is 40.6. The Bertz CT molecular complexity index is 1620. The molecular weight excluding hydrogens is 712 g/mol. The van der Waals surface area contributed by atoms with Crippen LogP contribution in [0.4, 0.5) is 0 Å². The highest BCUT2D eigenvalue weighted by Gasteiger charge is 2.42. The lowest BCUT2D eigenvalue weighted by Crippen LogP contribution is -2.61. The molecule has 0 aliphatic carbocycles. The highest BCUT2D eigenvalue weighted by Crippen LogP contribution is 2.22. The molecule has 17 heteroatoms. The highest BCUT2D eigenvalue weighted by molar-refractivity contribution is 5.98. The summed E-state index contributed by atoms with van der Waals surface area (Å²) in [6, 6.07) is -1.34. The lowest BCUT2D eigenvalue weighted by atomic mass is 9.96. The van der Waals surface area contributed by atoms with Crippen molar-refractivity contribution in [2.24, 2.45) is 11.8 Å². The van der Waals surface area contributed by atoms with E-state index >= 15 is 0 Å². The maximum Gasteiger partial charge on any atom is 0.246 e. The van der Waals surface area contributed by atoms with Crippen molar-refractivity contribution in [3.05, 3.63) is 29.8 Å². The van der Waals surface area contributed by atoms with Crippen LogP contribution < -0.4 is 31.9 Å². The quantitative estimate of drug-likeness (QED) is 0.199. The summed E-state index contributed by atoms with van der Waals surface area (Å²) < 4.78 is 0. The van der Waals surface area contributed by atoms with E-state index < -0.39 is 108 Å². The number of nitrogens with zero attached hydrogens (tertiary/aromatic N) is 2. The Morgan fingerprint density at radius 2 is 1.25 bits per heavy atom. The van der Waals surface area contributed by atoms with E-state index in [0.717, 1.165) is 0 Å². The fourth-order valence-corrected chi connectivity index (χ4v) is 7.13. The number of rotatable bonds is 5. The van der Waals surface area contributed by atoms with Gasteiger partial charge in [-0.05, 0) is 69.1 Å². The first-order chi connectivity index (χ1) is 26.0. The summed E-state index contributed by atoms with van der Waals surface area (Å²) in [6.07, 6.45) is 2.10. The molecule has 0 spiro atoms. The Kier molecular flexibility index (Phi) is 14.6. The van der Waals surface area contributed by atoms with E-state index in [1.165, 1.54) is 35.8 Å². The molecule has 302 valence electrons. The van der Waals surface area contributed by atoms with E-state index in [2.05, 4.69) is 31.9 Å². The molecule has 3 aliphatic heterocycles. The predicted molar refractivity (Wildman–Crippen MR) is 200 cm³/mol. The van der Waals surface area contributed by atoms with Crippen LogP contribution in [-0.2, 0) is 44.8 Å². The number of benzene rings is 1. The number of fused-ring (bicyclic) bond motifs is 2. The van der Waals surface area contributed by atoms with Gasteiger partial charge < -0.3 is 46.8 Å². The van der Waals surface area contributed by atoms with Gasteiger partial charge in [0.15, 0.2) is 0 Å². The number of phenolic OH excluding ortho intramolecular Hbond substituents is 1. The number of amides is 8. The summed E-state index contributed by atoms with van der Waals surface area (Å²) in [5, 5.41) is 25.9. The van der Waals surface area contributed by atoms with Gasteiger partial charge in [-0.25, -0.2) is 0 Å². The Balaban J connectivity index is 1.68. The number of nitrogens with one attached hydrogen (secondary N) is 6. The second-order valence-electron chi connectivity index (χ2n) is 15.2. The van der Waals surface area contributed by atoms with Gasteiger partial charge in [-0.15, -0.1) is 0 Å². The van der Waals surface area contributed by atoms with Gasteiger partial charge in [0.05, 0.1) is 6.54 Å². The molecule has 8 amide bonds. The van der Waals surface area contributed by atoms with Crippen molar-refractivity contribution in [1.82, 2.24) is 41.7 Å². The predicted octanol–water partition coefficient (Wildman–Crippen LogP) is -0.788. The van der Waals surface area contributed by atoms with E-state index in [4.69, 9.17) is 0 Å². The van der Waals surface area contributed by atoms with Crippen molar-refractivity contribution in [2.75, 3.05) is 19.6 Å². The molecule has 0 bridgehead atoms. The van der Waals surface area contributed by atoms with Gasteiger partial charge in [-0.3, -0.25) is 38.4 Å². The average Bonchev–Trinajstić information content (AvgIpc) is 3.85. The molecule has 3 fully saturated rings. The molecule has 1 aromatic rings. The number of carbonyl (C=O) groups is 8. The highest BCUT2D eigenvalue weighted by atomic mass is 16.3. The van der Waals surface area contributed by atoms with Gasteiger partial charge in [0, 0.05) is 19.5 Å². The lowest BCUT2D eigenvalue weighted by molar-refractivity contribution is -0.143. The first kappa shape index (κ1) is 42.5. The molecule has 1 aromatic carbocycles. The van der Waals surface area contributed by atoms with E-state index in [1.54, 1.807) is 32.9 Å². The summed E-state index contributed by atoms with van der Waals surface area (Å²) in [7, 11) is 0. The first-order valence-electron chi connectivity index (χ1n) is 19.2. The van der Waals surface area contributed by atoms with E-state index in [0.29, 0.717) is 37.7 Å². The summed E-state index contributed by atoms with van der Waals surface area (Å²) in [5.41, 5.74) is 0.594. The van der Waals surface area contributed by atoms with Crippen LogP contribution in [-0.4, -0.2) is 124 Å². The van der Waals surface area contributed by atoms with Crippen molar-refractivity contribution in [3.8, 4) is 5.75 Å². The van der Waals surface area contributed by atoms with Crippen LogP contribution in [0.5, 0.6) is 5.75 Å². The molecular formula is C38H56N8O9. The number of aromatic hydroxyl groups is 1. The monoisotopic (exact) mass is 768 g/mol. The second kappa shape index (κ2) is 18.9. The third-order valence-corrected chi connectivity index (χ3v) is 10.6. The molecule has 0 aromatic heterocycles. The number of hydrogen-bond acceptors (Lipinski definition) is 9. The van der Waals surface area contributed by atoms with Gasteiger partial charge in [0.25, 0.3) is 0 Å². The zero-order valence-electron chi connectivity index (χ0n) is 32.5. The number of phenols is 1. The van der Waals surface area contributed by atoms with Gasteiger partial charge in [-0.1, -0.05) is 46.2 Å². The third kappa shape index (κ3) is 10.7. The van der Waals surface area contributed by atoms with Crippen molar-refractivity contribution in [2.45, 2.75) is 122 Å². The SMILES string of the molecule is CCC(C)C1NC(=O)C2CCCN2C(=O)C(C(C)C)NC(=O)C(C)NC(=O)CNC(=O)C2CCCN2C(=O)C(C)NC(=O)C(Cc2ccc(O)cc2)NC1=O. The number of hydrogen-bond donors (Lipinski definition) is 7. The van der Waals surface area contributed by atoms with E-state index in [1.807, 2.05) is 6.92 Å². The summed E-state index contributed by atoms with van der Waals surface area (Å²) in [5.74, 6) is -5.58. The Labute approximate surface area is 321 Å². The maximum absolute atomic E-state index is 14.1. The van der Waals surface area contributed by atoms with Crippen LogP contribution in [0, 0.1) is 11.8 Å². The molecule has 8 atom stereocenters. The third-order valence-electron chi connectivity index (χ3n) is 10.6. The van der Waals surface area contributed by atoms with Crippen molar-refractivity contribution >= 4 is 47.3 Å². The van der Waals surface area contributed by atoms with Crippen molar-refractivity contribution < 1.29 is 43.5 Å².